The molecule has 2 aromatic carbocycles. The Labute approximate surface area is 285 Å². The van der Waals surface area contributed by atoms with Gasteiger partial charge in [0.15, 0.2) is 6.61 Å². The minimum atomic E-state index is -4.80. The summed E-state index contributed by atoms with van der Waals surface area (Å²) in [6, 6.07) is 6.60. The summed E-state index contributed by atoms with van der Waals surface area (Å²) in [6.07, 6.45) is 3.36. The molecule has 6 rings (SSSR count). The molecule has 5 atom stereocenters. The summed E-state index contributed by atoms with van der Waals surface area (Å²) < 4.78 is 63.4. The first-order chi connectivity index (χ1) is 21.2. The van der Waals surface area contributed by atoms with E-state index in [4.69, 9.17) is 23.7 Å². The standard InChI is InChI=1S/C30H28I2O12S/c1-30(7-2-3-8-30)44-22(33)13-40-21-6-4-5-16(27(34)42-24-14-9-17-18(10-14)28(35)43-25(17)24)23(21)29(36)41-15-11-19(31)26(20(32)12-15)45(37,38)39/h4-6,11-12,14,17-18,24-25H,2-3,7-10,13H2,1H3,(H,37,38,39)/p-1. The van der Waals surface area contributed by atoms with Gasteiger partial charge in [-0.15, -0.1) is 0 Å². The quantitative estimate of drug-likeness (QED) is 0.115. The molecule has 4 fully saturated rings. The van der Waals surface area contributed by atoms with Crippen molar-refractivity contribution in [3.63, 3.8) is 0 Å². The fourth-order valence-corrected chi connectivity index (χ4v) is 10.9. The van der Waals surface area contributed by atoms with Crippen LogP contribution in [0.3, 0.4) is 0 Å². The molecule has 45 heavy (non-hydrogen) atoms. The number of ether oxygens (including phenoxy) is 5. The highest BCUT2D eigenvalue weighted by atomic mass is 127. The monoisotopic (exact) mass is 865 g/mol. The molecular weight excluding hydrogens is 838 g/mol. The third-order valence-corrected chi connectivity index (χ3v) is 12.3. The molecule has 1 aliphatic heterocycles. The third kappa shape index (κ3) is 6.41. The van der Waals surface area contributed by atoms with E-state index in [-0.39, 0.29) is 53.5 Å². The smallest absolute Gasteiger partial charge is 0.348 e. The van der Waals surface area contributed by atoms with Crippen LogP contribution in [0.15, 0.2) is 35.2 Å². The Balaban J connectivity index is 1.28. The SMILES string of the molecule is CC1(OC(=O)COc2cccc(C(=O)OC3C4CC5C(=O)OC3C5C4)c2C(=O)Oc2cc(I)c(S(=O)(=O)[O-])c(I)c2)CCCC1. The van der Waals surface area contributed by atoms with E-state index >= 15 is 0 Å². The van der Waals surface area contributed by atoms with Gasteiger partial charge in [0.2, 0.25) is 0 Å². The fraction of sp³-hybridized carbons (Fsp3) is 0.467. The molecule has 2 bridgehead atoms. The Morgan fingerprint density at radius 1 is 1.07 bits per heavy atom. The van der Waals surface area contributed by atoms with Crippen LogP contribution in [0.4, 0.5) is 0 Å². The molecule has 5 unspecified atom stereocenters. The van der Waals surface area contributed by atoms with Gasteiger partial charge in [-0.3, -0.25) is 4.79 Å². The van der Waals surface area contributed by atoms with Crippen LogP contribution < -0.4 is 9.47 Å². The van der Waals surface area contributed by atoms with Gasteiger partial charge in [-0.25, -0.2) is 22.8 Å². The zero-order valence-electron chi connectivity index (χ0n) is 23.8. The van der Waals surface area contributed by atoms with Gasteiger partial charge in [0.1, 0.15) is 45.0 Å². The zero-order valence-corrected chi connectivity index (χ0v) is 28.9. The van der Waals surface area contributed by atoms with E-state index in [0.717, 1.165) is 25.7 Å². The second-order valence-corrected chi connectivity index (χ2v) is 15.6. The number of fused-ring (bicyclic) bond motifs is 1. The summed E-state index contributed by atoms with van der Waals surface area (Å²) in [5, 5.41) is 0. The number of carbonyl (C=O) groups excluding carboxylic acids is 4. The minimum absolute atomic E-state index is 0.0157. The zero-order chi connectivity index (χ0) is 32.3. The van der Waals surface area contributed by atoms with Gasteiger partial charge in [0.25, 0.3) is 0 Å². The number of hydrogen-bond donors (Lipinski definition) is 0. The van der Waals surface area contributed by atoms with E-state index in [1.165, 1.54) is 30.3 Å². The predicted octanol–water partition coefficient (Wildman–Crippen LogP) is 4.38. The van der Waals surface area contributed by atoms with Crippen LogP contribution in [-0.2, 0) is 33.9 Å². The summed E-state index contributed by atoms with van der Waals surface area (Å²) in [5.74, 6) is -3.36. The first-order valence-electron chi connectivity index (χ1n) is 14.3. The molecular formula is C30H27I2O12S-. The van der Waals surface area contributed by atoms with Crippen molar-refractivity contribution in [1.82, 2.24) is 0 Å². The summed E-state index contributed by atoms with van der Waals surface area (Å²) >= 11 is 3.30. The maximum atomic E-state index is 13.7. The van der Waals surface area contributed by atoms with Crippen molar-refractivity contribution in [2.45, 2.75) is 68.2 Å². The molecule has 4 aliphatic rings. The second-order valence-electron chi connectivity index (χ2n) is 11.9. The topological polar surface area (TPSA) is 172 Å². The lowest BCUT2D eigenvalue weighted by molar-refractivity contribution is -0.160. The van der Waals surface area contributed by atoms with Crippen molar-refractivity contribution in [1.29, 1.82) is 0 Å². The summed E-state index contributed by atoms with van der Waals surface area (Å²) in [6.45, 7) is 1.30. The van der Waals surface area contributed by atoms with Crippen molar-refractivity contribution in [3.8, 4) is 11.5 Å². The van der Waals surface area contributed by atoms with Gasteiger partial charge in [0, 0.05) is 19.0 Å². The Morgan fingerprint density at radius 3 is 2.42 bits per heavy atom. The molecule has 15 heteroatoms. The third-order valence-electron chi connectivity index (χ3n) is 8.91. The van der Waals surface area contributed by atoms with Crippen molar-refractivity contribution in [2.24, 2.45) is 17.8 Å². The van der Waals surface area contributed by atoms with Gasteiger partial charge in [-0.05, 0) is 115 Å². The van der Waals surface area contributed by atoms with Crippen LogP contribution in [0.1, 0.15) is 66.2 Å². The molecule has 0 N–H and O–H groups in total. The highest BCUT2D eigenvalue weighted by Gasteiger charge is 2.63. The summed E-state index contributed by atoms with van der Waals surface area (Å²) in [5.41, 5.74) is -1.15. The maximum absolute atomic E-state index is 13.7. The molecule has 0 amide bonds. The van der Waals surface area contributed by atoms with Crippen LogP contribution >= 0.6 is 45.2 Å². The average Bonchev–Trinajstić information content (AvgIpc) is 3.69. The Morgan fingerprint density at radius 2 is 1.76 bits per heavy atom. The second kappa shape index (κ2) is 12.3. The van der Waals surface area contributed by atoms with Crippen LogP contribution in [0.25, 0.3) is 0 Å². The number of carbonyl (C=O) groups is 4. The van der Waals surface area contributed by atoms with Crippen LogP contribution in [0, 0.1) is 24.9 Å². The number of rotatable bonds is 9. The van der Waals surface area contributed by atoms with Crippen molar-refractivity contribution >= 4 is 79.2 Å². The largest absolute Gasteiger partial charge is 0.744 e. The average molecular weight is 865 g/mol. The molecule has 0 aromatic heterocycles. The lowest BCUT2D eigenvalue weighted by Crippen LogP contribution is -2.36. The predicted molar refractivity (Wildman–Crippen MR) is 168 cm³/mol. The summed E-state index contributed by atoms with van der Waals surface area (Å²) in [4.78, 5) is 51.7. The number of benzene rings is 2. The molecule has 2 aromatic rings. The molecule has 12 nitrogen and oxygen atoms in total. The number of halogens is 2. The van der Waals surface area contributed by atoms with Gasteiger partial charge in [-0.2, -0.15) is 0 Å². The van der Waals surface area contributed by atoms with Gasteiger partial charge >= 0.3 is 23.9 Å². The number of esters is 4. The van der Waals surface area contributed by atoms with Gasteiger partial charge in [-0.1, -0.05) is 6.07 Å². The van der Waals surface area contributed by atoms with Gasteiger partial charge < -0.3 is 28.2 Å². The van der Waals surface area contributed by atoms with Crippen LogP contribution in [0.5, 0.6) is 11.5 Å². The minimum Gasteiger partial charge on any atom is -0.744 e. The number of hydrogen-bond acceptors (Lipinski definition) is 12. The molecule has 3 aliphatic carbocycles. The van der Waals surface area contributed by atoms with E-state index in [2.05, 4.69) is 0 Å². The molecule has 0 radical (unpaired) electrons. The molecule has 240 valence electrons. The first kappa shape index (κ1) is 32.4. The van der Waals surface area contributed by atoms with Gasteiger partial charge in [0.05, 0.1) is 16.4 Å². The van der Waals surface area contributed by atoms with Crippen molar-refractivity contribution < 1.29 is 55.8 Å². The molecule has 0 spiro atoms. The fourth-order valence-electron chi connectivity index (χ4n) is 6.94. The van der Waals surface area contributed by atoms with E-state index in [1.807, 2.05) is 6.92 Å². The highest BCUT2D eigenvalue weighted by Crippen LogP contribution is 2.55. The molecule has 1 saturated heterocycles. The maximum Gasteiger partial charge on any atom is 0.348 e. The highest BCUT2D eigenvalue weighted by molar-refractivity contribution is 14.1. The first-order valence-corrected chi connectivity index (χ1v) is 17.9. The lowest BCUT2D eigenvalue weighted by atomic mass is 9.88. The van der Waals surface area contributed by atoms with Crippen LogP contribution in [0.2, 0.25) is 0 Å². The van der Waals surface area contributed by atoms with E-state index in [0.29, 0.717) is 12.8 Å². The van der Waals surface area contributed by atoms with E-state index in [1.54, 1.807) is 45.2 Å². The summed E-state index contributed by atoms with van der Waals surface area (Å²) in [7, 11) is -4.80. The van der Waals surface area contributed by atoms with E-state index in [9.17, 15) is 32.1 Å². The lowest BCUT2D eigenvalue weighted by Gasteiger charge is -2.26. The normalized spacial score (nSPS) is 26.0. The van der Waals surface area contributed by atoms with Crippen LogP contribution in [-0.4, -0.2) is 61.3 Å². The van der Waals surface area contributed by atoms with Crippen molar-refractivity contribution in [3.05, 3.63) is 48.6 Å². The Bertz CT molecular complexity index is 1680. The Kier molecular flexibility index (Phi) is 8.83. The molecule has 1 heterocycles. The van der Waals surface area contributed by atoms with E-state index < -0.39 is 57.3 Å². The van der Waals surface area contributed by atoms with Crippen molar-refractivity contribution in [2.75, 3.05) is 6.61 Å². The Hall–Kier alpha value is -2.51. The molecule has 3 saturated carbocycles.